The molecule has 0 aliphatic rings. The highest BCUT2D eigenvalue weighted by molar-refractivity contribution is 7.99. The predicted molar refractivity (Wildman–Crippen MR) is 125 cm³/mol. The first-order valence-electron chi connectivity index (χ1n) is 10.2. The van der Waals surface area contributed by atoms with Crippen LogP contribution in [0.3, 0.4) is 0 Å². The summed E-state index contributed by atoms with van der Waals surface area (Å²) >= 11 is 1.32. The normalized spacial score (nSPS) is 11.5. The molecule has 5 nitrogen and oxygen atoms in total. The molecule has 1 amide bonds. The Bertz CT molecular complexity index is 1130. The molecule has 1 aromatic heterocycles. The van der Waals surface area contributed by atoms with Crippen LogP contribution in [-0.2, 0) is 4.79 Å². The van der Waals surface area contributed by atoms with Crippen molar-refractivity contribution < 1.29 is 4.79 Å². The van der Waals surface area contributed by atoms with Crippen molar-refractivity contribution >= 4 is 28.6 Å². The molecule has 1 heterocycles. The Kier molecular flexibility index (Phi) is 6.66. The van der Waals surface area contributed by atoms with Crippen molar-refractivity contribution in [3.8, 4) is 5.69 Å². The zero-order chi connectivity index (χ0) is 22.0. The Morgan fingerprint density at radius 3 is 2.37 bits per heavy atom. The SMILES string of the molecule is Cc1cccc(-n2c(SCC(=O)N(C(C)C)C(C)C)nc3ccccc3c2=O)c1C. The van der Waals surface area contributed by atoms with E-state index in [-0.39, 0.29) is 29.3 Å². The van der Waals surface area contributed by atoms with Gasteiger partial charge in [0.2, 0.25) is 5.91 Å². The number of benzene rings is 2. The third-order valence-electron chi connectivity index (χ3n) is 5.29. The van der Waals surface area contributed by atoms with Crippen LogP contribution in [0.1, 0.15) is 38.8 Å². The Labute approximate surface area is 182 Å². The smallest absolute Gasteiger partial charge is 0.266 e. The lowest BCUT2D eigenvalue weighted by Gasteiger charge is -2.30. The van der Waals surface area contributed by atoms with Crippen molar-refractivity contribution in [3.63, 3.8) is 0 Å². The van der Waals surface area contributed by atoms with E-state index in [1.54, 1.807) is 10.6 Å². The van der Waals surface area contributed by atoms with Gasteiger partial charge in [-0.15, -0.1) is 0 Å². The van der Waals surface area contributed by atoms with Gasteiger partial charge in [-0.1, -0.05) is 36.0 Å². The molecule has 0 N–H and O–H groups in total. The quantitative estimate of drug-likeness (QED) is 0.424. The number of nitrogens with zero attached hydrogens (tertiary/aromatic N) is 3. The van der Waals surface area contributed by atoms with Crippen LogP contribution >= 0.6 is 11.8 Å². The Hall–Kier alpha value is -2.60. The van der Waals surface area contributed by atoms with Gasteiger partial charge in [0, 0.05) is 12.1 Å². The van der Waals surface area contributed by atoms with Crippen molar-refractivity contribution in [2.24, 2.45) is 0 Å². The van der Waals surface area contributed by atoms with E-state index in [1.807, 2.05) is 82.8 Å². The van der Waals surface area contributed by atoms with Gasteiger partial charge in [0.05, 0.1) is 22.3 Å². The maximum absolute atomic E-state index is 13.4. The Balaban J connectivity index is 2.11. The number of para-hydroxylation sites is 1. The summed E-state index contributed by atoms with van der Waals surface area (Å²) < 4.78 is 1.65. The monoisotopic (exact) mass is 423 g/mol. The zero-order valence-electron chi connectivity index (χ0n) is 18.5. The van der Waals surface area contributed by atoms with E-state index in [0.29, 0.717) is 16.1 Å². The highest BCUT2D eigenvalue weighted by Gasteiger charge is 2.22. The van der Waals surface area contributed by atoms with E-state index in [0.717, 1.165) is 16.8 Å². The third kappa shape index (κ3) is 4.29. The van der Waals surface area contributed by atoms with Crippen molar-refractivity contribution in [3.05, 3.63) is 63.9 Å². The van der Waals surface area contributed by atoms with Crippen molar-refractivity contribution in [2.45, 2.75) is 58.8 Å². The number of carbonyl (C=O) groups is 1. The van der Waals surface area contributed by atoms with Crippen LogP contribution in [0.15, 0.2) is 52.4 Å². The molecule has 158 valence electrons. The van der Waals surface area contributed by atoms with Crippen molar-refractivity contribution in [2.75, 3.05) is 5.75 Å². The summed E-state index contributed by atoms with van der Waals surface area (Å²) in [6.45, 7) is 12.1. The van der Waals surface area contributed by atoms with Gasteiger partial charge < -0.3 is 4.90 Å². The minimum Gasteiger partial charge on any atom is -0.337 e. The summed E-state index contributed by atoms with van der Waals surface area (Å²) in [7, 11) is 0. The van der Waals surface area contributed by atoms with Gasteiger partial charge in [0.15, 0.2) is 5.16 Å². The Morgan fingerprint density at radius 2 is 1.70 bits per heavy atom. The van der Waals surface area contributed by atoms with E-state index in [1.165, 1.54) is 11.8 Å². The maximum atomic E-state index is 13.4. The molecule has 0 bridgehead atoms. The fourth-order valence-corrected chi connectivity index (χ4v) is 4.65. The van der Waals surface area contributed by atoms with E-state index < -0.39 is 0 Å². The third-order valence-corrected chi connectivity index (χ3v) is 6.21. The van der Waals surface area contributed by atoms with Crippen LogP contribution in [0.2, 0.25) is 0 Å². The van der Waals surface area contributed by atoms with E-state index >= 15 is 0 Å². The van der Waals surface area contributed by atoms with Gasteiger partial charge in [0.1, 0.15) is 0 Å². The van der Waals surface area contributed by atoms with Gasteiger partial charge >= 0.3 is 0 Å². The van der Waals surface area contributed by atoms with Crippen molar-refractivity contribution in [1.82, 2.24) is 14.5 Å². The van der Waals surface area contributed by atoms with Gasteiger partial charge in [-0.25, -0.2) is 4.98 Å². The van der Waals surface area contributed by atoms with Crippen LogP contribution in [0, 0.1) is 13.8 Å². The number of aromatic nitrogens is 2. The molecule has 0 radical (unpaired) electrons. The average Bonchev–Trinajstić information content (AvgIpc) is 2.68. The summed E-state index contributed by atoms with van der Waals surface area (Å²) in [5, 5.41) is 1.10. The van der Waals surface area contributed by atoms with Crippen LogP contribution < -0.4 is 5.56 Å². The lowest BCUT2D eigenvalue weighted by atomic mass is 10.1. The van der Waals surface area contributed by atoms with E-state index in [4.69, 9.17) is 4.98 Å². The summed E-state index contributed by atoms with van der Waals surface area (Å²) in [6, 6.07) is 13.5. The fraction of sp³-hybridized carbons (Fsp3) is 0.375. The number of fused-ring (bicyclic) bond motifs is 1. The van der Waals surface area contributed by atoms with Crippen LogP contribution in [0.25, 0.3) is 16.6 Å². The molecule has 0 saturated carbocycles. The number of hydrogen-bond donors (Lipinski definition) is 0. The van der Waals surface area contributed by atoms with Gasteiger partial charge in [-0.05, 0) is 70.9 Å². The number of carbonyl (C=O) groups excluding carboxylic acids is 1. The topological polar surface area (TPSA) is 55.2 Å². The maximum Gasteiger partial charge on any atom is 0.266 e. The molecule has 3 aromatic rings. The molecule has 0 saturated heterocycles. The Morgan fingerprint density at radius 1 is 1.03 bits per heavy atom. The molecule has 2 aromatic carbocycles. The molecular formula is C24H29N3O2S. The second-order valence-electron chi connectivity index (χ2n) is 8.05. The number of aryl methyl sites for hydroxylation is 1. The van der Waals surface area contributed by atoms with Crippen LogP contribution in [0.5, 0.6) is 0 Å². The number of amides is 1. The lowest BCUT2D eigenvalue weighted by molar-refractivity contribution is -0.131. The molecular weight excluding hydrogens is 394 g/mol. The minimum atomic E-state index is -0.117. The molecule has 0 atom stereocenters. The lowest BCUT2D eigenvalue weighted by Crippen LogP contribution is -2.43. The van der Waals surface area contributed by atoms with Crippen molar-refractivity contribution in [1.29, 1.82) is 0 Å². The highest BCUT2D eigenvalue weighted by atomic mass is 32.2. The number of hydrogen-bond acceptors (Lipinski definition) is 4. The van der Waals surface area contributed by atoms with Gasteiger partial charge in [-0.3, -0.25) is 14.2 Å². The molecule has 30 heavy (non-hydrogen) atoms. The molecule has 3 rings (SSSR count). The largest absolute Gasteiger partial charge is 0.337 e. The van der Waals surface area contributed by atoms with E-state index in [2.05, 4.69) is 0 Å². The molecule has 0 spiro atoms. The molecule has 0 unspecified atom stereocenters. The second-order valence-corrected chi connectivity index (χ2v) is 8.99. The highest BCUT2D eigenvalue weighted by Crippen LogP contribution is 2.25. The number of rotatable bonds is 6. The summed E-state index contributed by atoms with van der Waals surface area (Å²) in [4.78, 5) is 33.0. The standard InChI is InChI=1S/C24H29N3O2S/c1-15(2)26(16(3)4)22(28)14-30-24-25-20-12-8-7-11-19(20)23(29)27(24)21-13-9-10-17(5)18(21)6/h7-13,15-16H,14H2,1-6H3. The van der Waals surface area contributed by atoms with Crippen LogP contribution in [0.4, 0.5) is 0 Å². The zero-order valence-corrected chi connectivity index (χ0v) is 19.3. The first-order chi connectivity index (χ1) is 14.2. The molecule has 6 heteroatoms. The average molecular weight is 424 g/mol. The first kappa shape index (κ1) is 22.1. The van der Waals surface area contributed by atoms with Gasteiger partial charge in [-0.2, -0.15) is 0 Å². The minimum absolute atomic E-state index is 0.0416. The molecule has 0 aliphatic heterocycles. The molecule has 0 fully saturated rings. The summed E-state index contributed by atoms with van der Waals surface area (Å²) in [5.41, 5.74) is 3.46. The van der Waals surface area contributed by atoms with Crippen LogP contribution in [-0.4, -0.2) is 38.2 Å². The molecule has 0 aliphatic carbocycles. The second kappa shape index (κ2) is 9.04. The summed E-state index contributed by atoms with van der Waals surface area (Å²) in [6.07, 6.45) is 0. The summed E-state index contributed by atoms with van der Waals surface area (Å²) in [5.74, 6) is 0.270. The fourth-order valence-electron chi connectivity index (χ4n) is 3.77. The predicted octanol–water partition coefficient (Wildman–Crippen LogP) is 4.74. The van der Waals surface area contributed by atoms with Gasteiger partial charge in [0.25, 0.3) is 5.56 Å². The number of thioether (sulfide) groups is 1. The van der Waals surface area contributed by atoms with E-state index in [9.17, 15) is 9.59 Å². The first-order valence-corrected chi connectivity index (χ1v) is 11.2.